The molecule has 6 heteroatoms. The summed E-state index contributed by atoms with van der Waals surface area (Å²) in [5.74, 6) is 7.37. The van der Waals surface area contributed by atoms with Gasteiger partial charge in [-0.1, -0.05) is 86.2 Å². The third-order valence-corrected chi connectivity index (χ3v) is 8.84. The van der Waals surface area contributed by atoms with Crippen molar-refractivity contribution in [3.05, 3.63) is 95.3 Å². The molecule has 3 aromatic carbocycles. The number of halogens is 1. The van der Waals surface area contributed by atoms with Gasteiger partial charge in [0.25, 0.3) is 0 Å². The Balaban J connectivity index is 0.000000168. The quantitative estimate of drug-likeness (QED) is 0.332. The second-order valence-electron chi connectivity index (χ2n) is 11.4. The van der Waals surface area contributed by atoms with E-state index < -0.39 is 0 Å². The molecule has 0 spiro atoms. The summed E-state index contributed by atoms with van der Waals surface area (Å²) in [6.45, 7) is 2.16. The smallest absolute Gasteiger partial charge is 0.131 e. The molecule has 3 fully saturated rings. The molecule has 0 bridgehead atoms. The molecule has 42 heavy (non-hydrogen) atoms. The van der Waals surface area contributed by atoms with E-state index in [1.165, 1.54) is 37.3 Å². The standard InChI is InChI=1S/C19H22N2.C17H15FN2O/c1-2-17-19(18(13-20)21-17)16-11-9-15(10-12-16)8-7-14-5-3-4-6-14;18-14-4-2-1-3-13(14)11-5-7-12(8-6-11)17-15(9-19)20-16(17)10-21/h9-12,14,17-19,21H,2-6H2,1H3;1-8,15-17,20-21H,10H2. The summed E-state index contributed by atoms with van der Waals surface area (Å²) in [6.07, 6.45) is 6.26. The Bertz CT molecular complexity index is 1490. The monoisotopic (exact) mass is 560 g/mol. The summed E-state index contributed by atoms with van der Waals surface area (Å²) in [7, 11) is 0. The minimum atomic E-state index is -0.276. The minimum absolute atomic E-state index is 0.00207. The molecule has 3 N–H and O–H groups in total. The molecule has 0 aromatic heterocycles. The van der Waals surface area contributed by atoms with Gasteiger partial charge in [-0.15, -0.1) is 0 Å². The zero-order valence-corrected chi connectivity index (χ0v) is 23.9. The van der Waals surface area contributed by atoms with Gasteiger partial charge in [-0.2, -0.15) is 10.5 Å². The fourth-order valence-corrected chi connectivity index (χ4v) is 6.35. The first kappa shape index (κ1) is 29.5. The van der Waals surface area contributed by atoms with Crippen molar-refractivity contribution >= 4 is 0 Å². The van der Waals surface area contributed by atoms with Crippen LogP contribution in [0.3, 0.4) is 0 Å². The largest absolute Gasteiger partial charge is 0.395 e. The highest BCUT2D eigenvalue weighted by Crippen LogP contribution is 2.34. The molecule has 3 aromatic rings. The van der Waals surface area contributed by atoms with Gasteiger partial charge in [0.1, 0.15) is 17.9 Å². The van der Waals surface area contributed by atoms with Crippen LogP contribution in [0, 0.1) is 46.2 Å². The third kappa shape index (κ3) is 6.41. The van der Waals surface area contributed by atoms with Crippen molar-refractivity contribution in [2.24, 2.45) is 5.92 Å². The highest BCUT2D eigenvalue weighted by Gasteiger charge is 2.41. The fourth-order valence-electron chi connectivity index (χ4n) is 6.35. The topological polar surface area (TPSA) is 91.9 Å². The van der Waals surface area contributed by atoms with Crippen LogP contribution in [0.5, 0.6) is 0 Å². The van der Waals surface area contributed by atoms with Crippen molar-refractivity contribution < 1.29 is 9.50 Å². The van der Waals surface area contributed by atoms with E-state index in [1.54, 1.807) is 18.2 Å². The van der Waals surface area contributed by atoms with Gasteiger partial charge in [-0.05, 0) is 54.2 Å². The summed E-state index contributed by atoms with van der Waals surface area (Å²) in [5.41, 5.74) is 4.71. The number of benzene rings is 3. The number of hydrogen-bond acceptors (Lipinski definition) is 5. The number of aliphatic hydroxyl groups is 1. The average Bonchev–Trinajstić information content (AvgIpc) is 3.52. The average molecular weight is 561 g/mol. The Labute approximate surface area is 248 Å². The lowest BCUT2D eigenvalue weighted by molar-refractivity contribution is 0.151. The molecule has 2 aliphatic heterocycles. The number of nitrogens with zero attached hydrogens (tertiary/aromatic N) is 2. The molecule has 6 atom stereocenters. The Hall–Kier alpha value is -3.99. The zero-order valence-electron chi connectivity index (χ0n) is 23.9. The molecular weight excluding hydrogens is 523 g/mol. The fraction of sp³-hybridized carbons (Fsp3) is 0.389. The second-order valence-corrected chi connectivity index (χ2v) is 11.4. The van der Waals surface area contributed by atoms with Gasteiger partial charge in [-0.3, -0.25) is 10.6 Å². The van der Waals surface area contributed by atoms with Crippen LogP contribution >= 0.6 is 0 Å². The molecule has 214 valence electrons. The maximum Gasteiger partial charge on any atom is 0.131 e. The summed E-state index contributed by atoms with van der Waals surface area (Å²) in [6, 6.07) is 27.2. The Morgan fingerprint density at radius 1 is 0.810 bits per heavy atom. The van der Waals surface area contributed by atoms with E-state index in [9.17, 15) is 9.50 Å². The number of nitriles is 2. The van der Waals surface area contributed by atoms with Gasteiger partial charge in [-0.25, -0.2) is 4.39 Å². The van der Waals surface area contributed by atoms with Crippen molar-refractivity contribution in [1.29, 1.82) is 10.5 Å². The van der Waals surface area contributed by atoms with E-state index in [0.29, 0.717) is 23.4 Å². The molecule has 5 nitrogen and oxygen atoms in total. The molecule has 0 amide bonds. The number of aliphatic hydroxyl groups excluding tert-OH is 1. The van der Waals surface area contributed by atoms with Crippen LogP contribution in [0.2, 0.25) is 0 Å². The Morgan fingerprint density at radius 2 is 1.38 bits per heavy atom. The van der Waals surface area contributed by atoms with Crippen LogP contribution in [-0.4, -0.2) is 35.9 Å². The first-order valence-corrected chi connectivity index (χ1v) is 14.9. The van der Waals surface area contributed by atoms with Gasteiger partial charge in [0, 0.05) is 41.0 Å². The molecule has 2 heterocycles. The van der Waals surface area contributed by atoms with Gasteiger partial charge < -0.3 is 5.11 Å². The van der Waals surface area contributed by atoms with Crippen LogP contribution in [0.1, 0.15) is 67.6 Å². The molecule has 6 rings (SSSR count). The van der Waals surface area contributed by atoms with Crippen molar-refractivity contribution in [1.82, 2.24) is 10.6 Å². The predicted octanol–water partition coefficient (Wildman–Crippen LogP) is 6.02. The van der Waals surface area contributed by atoms with Crippen LogP contribution in [0.25, 0.3) is 11.1 Å². The Morgan fingerprint density at radius 3 is 1.95 bits per heavy atom. The zero-order chi connectivity index (χ0) is 29.5. The number of rotatable bonds is 5. The van der Waals surface area contributed by atoms with E-state index in [4.69, 9.17) is 10.5 Å². The molecular formula is C36H37FN4O. The lowest BCUT2D eigenvalue weighted by atomic mass is 9.77. The molecule has 3 aliphatic rings. The normalized spacial score (nSPS) is 26.2. The summed E-state index contributed by atoms with van der Waals surface area (Å²) in [5, 5.41) is 33.8. The molecule has 1 saturated carbocycles. The van der Waals surface area contributed by atoms with Gasteiger partial charge in [0.15, 0.2) is 0 Å². The van der Waals surface area contributed by atoms with Crippen molar-refractivity contribution in [3.63, 3.8) is 0 Å². The lowest BCUT2D eigenvalue weighted by Crippen LogP contribution is -2.60. The van der Waals surface area contributed by atoms with Gasteiger partial charge >= 0.3 is 0 Å². The SMILES string of the molecule is CCC1NC(C#N)C1c1ccc(C#CC2CCCC2)cc1.N#CC1NC(CO)C1c1ccc(-c2ccccc2F)cc1. The maximum atomic E-state index is 13.8. The van der Waals surface area contributed by atoms with Gasteiger partial charge in [0.05, 0.1) is 18.7 Å². The van der Waals surface area contributed by atoms with Crippen molar-refractivity contribution in [2.45, 2.75) is 75.0 Å². The first-order valence-electron chi connectivity index (χ1n) is 14.9. The maximum absolute atomic E-state index is 13.8. The van der Waals surface area contributed by atoms with E-state index >= 15 is 0 Å². The minimum Gasteiger partial charge on any atom is -0.395 e. The molecule has 0 radical (unpaired) electrons. The van der Waals surface area contributed by atoms with E-state index in [-0.39, 0.29) is 36.5 Å². The van der Waals surface area contributed by atoms with Crippen LogP contribution in [-0.2, 0) is 0 Å². The molecule has 1 aliphatic carbocycles. The van der Waals surface area contributed by atoms with E-state index in [0.717, 1.165) is 23.1 Å². The van der Waals surface area contributed by atoms with Crippen LogP contribution in [0.15, 0.2) is 72.8 Å². The highest BCUT2D eigenvalue weighted by molar-refractivity contribution is 5.64. The first-order chi connectivity index (χ1) is 20.6. The van der Waals surface area contributed by atoms with Crippen LogP contribution in [0.4, 0.5) is 4.39 Å². The Kier molecular flexibility index (Phi) is 9.68. The lowest BCUT2D eigenvalue weighted by Gasteiger charge is -2.42. The van der Waals surface area contributed by atoms with Crippen molar-refractivity contribution in [3.8, 4) is 35.1 Å². The highest BCUT2D eigenvalue weighted by atomic mass is 19.1. The van der Waals surface area contributed by atoms with Crippen molar-refractivity contribution in [2.75, 3.05) is 6.61 Å². The van der Waals surface area contributed by atoms with Gasteiger partial charge in [0.2, 0.25) is 0 Å². The number of nitrogens with one attached hydrogen (secondary N) is 2. The molecule has 2 saturated heterocycles. The third-order valence-electron chi connectivity index (χ3n) is 8.84. The van der Waals surface area contributed by atoms with E-state index in [2.05, 4.69) is 65.8 Å². The summed E-state index contributed by atoms with van der Waals surface area (Å²) in [4.78, 5) is 0. The summed E-state index contributed by atoms with van der Waals surface area (Å²) < 4.78 is 13.8. The van der Waals surface area contributed by atoms with E-state index in [1.807, 2.05) is 24.3 Å². The summed E-state index contributed by atoms with van der Waals surface area (Å²) >= 11 is 0. The molecule has 6 unspecified atom stereocenters. The van der Waals surface area contributed by atoms with Crippen LogP contribution < -0.4 is 10.6 Å². The number of hydrogen-bond donors (Lipinski definition) is 3. The predicted molar refractivity (Wildman–Crippen MR) is 163 cm³/mol. The second kappa shape index (κ2) is 13.8.